The van der Waals surface area contributed by atoms with Gasteiger partial charge in [-0.15, -0.1) is 0 Å². The molecular formula is C9H11N2O+. The summed E-state index contributed by atoms with van der Waals surface area (Å²) in [7, 11) is 0. The summed E-state index contributed by atoms with van der Waals surface area (Å²) in [5.41, 5.74) is 5.94. The maximum absolute atomic E-state index is 10.6. The van der Waals surface area contributed by atoms with Crippen LogP contribution in [0.2, 0.25) is 0 Å². The second kappa shape index (κ2) is 3.67. The number of nitrogens with two attached hydrogens (primary N) is 1. The Balaban J connectivity index is 2.96. The summed E-state index contributed by atoms with van der Waals surface area (Å²) in [4.78, 5) is 10.6. The largest absolute Gasteiger partial charge is 0.364 e. The lowest BCUT2D eigenvalue weighted by atomic mass is 10.3. The molecule has 2 N–H and O–H groups in total. The van der Waals surface area contributed by atoms with E-state index in [2.05, 4.69) is 6.58 Å². The van der Waals surface area contributed by atoms with Crippen LogP contribution in [0.15, 0.2) is 31.0 Å². The maximum atomic E-state index is 10.6. The summed E-state index contributed by atoms with van der Waals surface area (Å²) >= 11 is 0. The highest BCUT2D eigenvalue weighted by molar-refractivity contribution is 5.72. The monoisotopic (exact) mass is 163 g/mol. The average molecular weight is 163 g/mol. The van der Waals surface area contributed by atoms with Crippen molar-refractivity contribution in [2.75, 3.05) is 0 Å². The van der Waals surface area contributed by atoms with Gasteiger partial charge in [-0.1, -0.05) is 6.58 Å². The van der Waals surface area contributed by atoms with Gasteiger partial charge in [-0.05, 0) is 6.07 Å². The molecule has 12 heavy (non-hydrogen) atoms. The summed E-state index contributed by atoms with van der Waals surface area (Å²) in [5, 5.41) is 0. The van der Waals surface area contributed by atoms with Crippen LogP contribution in [0.3, 0.4) is 0 Å². The first-order chi connectivity index (χ1) is 5.74. The van der Waals surface area contributed by atoms with Crippen LogP contribution in [0.1, 0.15) is 5.69 Å². The van der Waals surface area contributed by atoms with E-state index in [4.69, 9.17) is 5.73 Å². The minimum absolute atomic E-state index is 0.197. The van der Waals surface area contributed by atoms with Crippen molar-refractivity contribution in [2.24, 2.45) is 5.73 Å². The molecule has 3 nitrogen and oxygen atoms in total. The Morgan fingerprint density at radius 2 is 2.42 bits per heavy atom. The molecule has 0 aliphatic heterocycles. The second-order valence-electron chi connectivity index (χ2n) is 2.42. The number of primary amides is 1. The fourth-order valence-electron chi connectivity index (χ4n) is 0.987. The van der Waals surface area contributed by atoms with Gasteiger partial charge in [-0.3, -0.25) is 4.79 Å². The Kier molecular flexibility index (Phi) is 2.58. The number of nitrogens with zero attached hydrogens (tertiary/aromatic N) is 1. The molecule has 0 saturated heterocycles. The average Bonchev–Trinajstić information content (AvgIpc) is 2.04. The number of hydrogen-bond acceptors (Lipinski definition) is 1. The first-order valence-corrected chi connectivity index (χ1v) is 3.63. The molecule has 1 aromatic heterocycles. The summed E-state index contributed by atoms with van der Waals surface area (Å²) in [6.45, 7) is 3.82. The molecule has 0 saturated carbocycles. The SMILES string of the molecule is C=Cc1cccc[n+]1CC(N)=O. The highest BCUT2D eigenvalue weighted by atomic mass is 16.1. The highest BCUT2D eigenvalue weighted by Crippen LogP contribution is 1.91. The van der Waals surface area contributed by atoms with E-state index in [1.807, 2.05) is 18.2 Å². The van der Waals surface area contributed by atoms with E-state index >= 15 is 0 Å². The van der Waals surface area contributed by atoms with E-state index < -0.39 is 0 Å². The number of rotatable bonds is 3. The summed E-state index contributed by atoms with van der Waals surface area (Å²) < 4.78 is 1.75. The maximum Gasteiger partial charge on any atom is 0.283 e. The van der Waals surface area contributed by atoms with E-state index in [1.165, 1.54) is 0 Å². The quantitative estimate of drug-likeness (QED) is 0.631. The van der Waals surface area contributed by atoms with Crippen LogP contribution < -0.4 is 10.3 Å². The van der Waals surface area contributed by atoms with E-state index in [-0.39, 0.29) is 12.5 Å². The van der Waals surface area contributed by atoms with Crippen molar-refractivity contribution in [3.63, 3.8) is 0 Å². The van der Waals surface area contributed by atoms with Crippen LogP contribution in [0.25, 0.3) is 6.08 Å². The van der Waals surface area contributed by atoms with Gasteiger partial charge < -0.3 is 5.73 Å². The molecule has 1 rings (SSSR count). The van der Waals surface area contributed by atoms with Gasteiger partial charge in [0.2, 0.25) is 12.2 Å². The van der Waals surface area contributed by atoms with Crippen LogP contribution in [0.5, 0.6) is 0 Å². The summed E-state index contributed by atoms with van der Waals surface area (Å²) in [5.74, 6) is -0.352. The Morgan fingerprint density at radius 3 is 3.00 bits per heavy atom. The number of pyridine rings is 1. The van der Waals surface area contributed by atoms with Crippen LogP contribution in [-0.4, -0.2) is 5.91 Å². The van der Waals surface area contributed by atoms with Gasteiger partial charge in [0.05, 0.1) is 0 Å². The number of carbonyl (C=O) groups excluding carboxylic acids is 1. The molecule has 0 aliphatic rings. The molecule has 1 amide bonds. The first-order valence-electron chi connectivity index (χ1n) is 3.63. The van der Waals surface area contributed by atoms with Crippen molar-refractivity contribution in [2.45, 2.75) is 6.54 Å². The minimum Gasteiger partial charge on any atom is -0.364 e. The minimum atomic E-state index is -0.352. The highest BCUT2D eigenvalue weighted by Gasteiger charge is 2.07. The molecule has 62 valence electrons. The van der Waals surface area contributed by atoms with E-state index in [0.717, 1.165) is 5.69 Å². The van der Waals surface area contributed by atoms with Crippen LogP contribution in [0, 0.1) is 0 Å². The van der Waals surface area contributed by atoms with E-state index in [1.54, 1.807) is 16.8 Å². The summed E-state index contributed by atoms with van der Waals surface area (Å²) in [6, 6.07) is 5.60. The third-order valence-corrected chi connectivity index (χ3v) is 1.51. The number of amides is 1. The van der Waals surface area contributed by atoms with Crippen molar-refractivity contribution in [3.8, 4) is 0 Å². The van der Waals surface area contributed by atoms with Gasteiger partial charge in [0.25, 0.3) is 5.91 Å². The van der Waals surface area contributed by atoms with Gasteiger partial charge in [0.15, 0.2) is 6.20 Å². The zero-order valence-electron chi connectivity index (χ0n) is 6.73. The van der Waals surface area contributed by atoms with Crippen LogP contribution in [0.4, 0.5) is 0 Å². The predicted octanol–water partition coefficient (Wildman–Crippen LogP) is 0.102. The molecular weight excluding hydrogens is 152 g/mol. The standard InChI is InChI=1S/C9H10N2O/c1-2-8-5-3-4-6-11(8)7-9(10)12/h2-6H,1,7H2,(H-,10,12)/p+1. The van der Waals surface area contributed by atoms with Gasteiger partial charge in [-0.2, -0.15) is 4.57 Å². The Bertz CT molecular complexity index is 307. The Morgan fingerprint density at radius 1 is 1.67 bits per heavy atom. The zero-order chi connectivity index (χ0) is 8.97. The molecule has 3 heteroatoms. The Labute approximate surface area is 71.1 Å². The molecule has 1 heterocycles. The second-order valence-corrected chi connectivity index (χ2v) is 2.42. The van der Waals surface area contributed by atoms with Crippen molar-refractivity contribution in [1.29, 1.82) is 0 Å². The smallest absolute Gasteiger partial charge is 0.283 e. The van der Waals surface area contributed by atoms with Gasteiger partial charge in [0, 0.05) is 18.2 Å². The molecule has 0 aliphatic carbocycles. The van der Waals surface area contributed by atoms with Crippen molar-refractivity contribution >= 4 is 12.0 Å². The lowest BCUT2D eigenvalue weighted by molar-refractivity contribution is -0.686. The molecule has 0 unspecified atom stereocenters. The zero-order valence-corrected chi connectivity index (χ0v) is 6.73. The van der Waals surface area contributed by atoms with Gasteiger partial charge in [-0.25, -0.2) is 0 Å². The van der Waals surface area contributed by atoms with Crippen LogP contribution in [-0.2, 0) is 11.3 Å². The molecule has 0 atom stereocenters. The van der Waals surface area contributed by atoms with Crippen molar-refractivity contribution in [3.05, 3.63) is 36.7 Å². The fourth-order valence-corrected chi connectivity index (χ4v) is 0.987. The van der Waals surface area contributed by atoms with Crippen molar-refractivity contribution < 1.29 is 9.36 Å². The van der Waals surface area contributed by atoms with Gasteiger partial charge in [0.1, 0.15) is 0 Å². The van der Waals surface area contributed by atoms with Gasteiger partial charge >= 0.3 is 0 Å². The third-order valence-electron chi connectivity index (χ3n) is 1.51. The third kappa shape index (κ3) is 1.92. The first kappa shape index (κ1) is 8.46. The normalized spacial score (nSPS) is 9.33. The fraction of sp³-hybridized carbons (Fsp3) is 0.111. The van der Waals surface area contributed by atoms with Crippen LogP contribution >= 0.6 is 0 Å². The number of hydrogen-bond donors (Lipinski definition) is 1. The van der Waals surface area contributed by atoms with E-state index in [0.29, 0.717) is 0 Å². The molecule has 0 bridgehead atoms. The van der Waals surface area contributed by atoms with E-state index in [9.17, 15) is 4.79 Å². The molecule has 0 radical (unpaired) electrons. The summed E-state index contributed by atoms with van der Waals surface area (Å²) in [6.07, 6.45) is 3.48. The lowest BCUT2D eigenvalue weighted by Crippen LogP contribution is -2.42. The molecule has 0 spiro atoms. The Hall–Kier alpha value is -1.64. The molecule has 0 fully saturated rings. The number of carbonyl (C=O) groups is 1. The van der Waals surface area contributed by atoms with Crippen molar-refractivity contribution in [1.82, 2.24) is 0 Å². The molecule has 0 aromatic carbocycles. The lowest BCUT2D eigenvalue weighted by Gasteiger charge is -1.95. The number of aromatic nitrogens is 1. The predicted molar refractivity (Wildman–Crippen MR) is 45.9 cm³/mol. The topological polar surface area (TPSA) is 47.0 Å². The molecule has 1 aromatic rings.